The molecule has 1 aliphatic carbocycles. The van der Waals surface area contributed by atoms with Crippen molar-refractivity contribution in [1.82, 2.24) is 9.55 Å². The summed E-state index contributed by atoms with van der Waals surface area (Å²) in [4.78, 5) is 19.5. The summed E-state index contributed by atoms with van der Waals surface area (Å²) in [6.45, 7) is 0.221. The number of hydrogen-bond donors (Lipinski definition) is 0. The summed E-state index contributed by atoms with van der Waals surface area (Å²) in [5, 5.41) is 0.755. The molecule has 0 unspecified atom stereocenters. The highest BCUT2D eigenvalue weighted by molar-refractivity contribution is 7.18. The van der Waals surface area contributed by atoms with Crippen LogP contribution in [0.4, 0.5) is 4.39 Å². The lowest BCUT2D eigenvalue weighted by Crippen LogP contribution is -2.21. The second-order valence-electron chi connectivity index (χ2n) is 6.01. The maximum atomic E-state index is 13.9. The van der Waals surface area contributed by atoms with Gasteiger partial charge in [0.25, 0.3) is 5.56 Å². The zero-order valence-electron chi connectivity index (χ0n) is 12.7. The molecule has 0 amide bonds. The first kappa shape index (κ1) is 14.6. The van der Waals surface area contributed by atoms with Crippen LogP contribution < -0.4 is 5.56 Å². The van der Waals surface area contributed by atoms with Crippen molar-refractivity contribution in [2.75, 3.05) is 0 Å². The Morgan fingerprint density at radius 1 is 1.17 bits per heavy atom. The minimum absolute atomic E-state index is 0.0438. The number of nitrogens with zero attached hydrogens (tertiary/aromatic N) is 2. The van der Waals surface area contributed by atoms with Crippen LogP contribution in [0.1, 0.15) is 35.3 Å². The molecule has 0 saturated heterocycles. The average molecular weight is 328 g/mol. The van der Waals surface area contributed by atoms with E-state index in [1.54, 1.807) is 35.9 Å². The smallest absolute Gasteiger partial charge is 0.262 e. The summed E-state index contributed by atoms with van der Waals surface area (Å²) in [6.07, 6.45) is 7.07. The van der Waals surface area contributed by atoms with E-state index in [1.807, 2.05) is 0 Å². The third-order valence-corrected chi connectivity index (χ3v) is 5.69. The minimum Gasteiger partial charge on any atom is -0.294 e. The van der Waals surface area contributed by atoms with Gasteiger partial charge in [0.2, 0.25) is 0 Å². The Morgan fingerprint density at radius 2 is 2.00 bits per heavy atom. The van der Waals surface area contributed by atoms with Crippen molar-refractivity contribution in [3.8, 4) is 0 Å². The molecule has 3 nitrogen and oxygen atoms in total. The minimum atomic E-state index is -0.288. The highest BCUT2D eigenvalue weighted by Gasteiger charge is 2.19. The molecule has 0 fully saturated rings. The van der Waals surface area contributed by atoms with Gasteiger partial charge in [-0.15, -0.1) is 11.3 Å². The lowest BCUT2D eigenvalue weighted by atomic mass is 10.1. The Bertz CT molecular complexity index is 928. The number of aryl methyl sites for hydroxylation is 2. The molecular weight excluding hydrogens is 311 g/mol. The quantitative estimate of drug-likeness (QED) is 0.669. The second-order valence-corrected chi connectivity index (χ2v) is 7.10. The predicted molar refractivity (Wildman–Crippen MR) is 90.6 cm³/mol. The van der Waals surface area contributed by atoms with E-state index in [4.69, 9.17) is 0 Å². The van der Waals surface area contributed by atoms with E-state index in [-0.39, 0.29) is 17.9 Å². The van der Waals surface area contributed by atoms with Crippen molar-refractivity contribution in [3.63, 3.8) is 0 Å². The van der Waals surface area contributed by atoms with Crippen molar-refractivity contribution in [2.24, 2.45) is 0 Å². The van der Waals surface area contributed by atoms with Crippen LogP contribution >= 0.6 is 11.3 Å². The molecule has 1 aliphatic rings. The molecule has 0 atom stereocenters. The van der Waals surface area contributed by atoms with Gasteiger partial charge in [-0.05, 0) is 37.3 Å². The maximum Gasteiger partial charge on any atom is 0.262 e. The van der Waals surface area contributed by atoms with Gasteiger partial charge < -0.3 is 0 Å². The van der Waals surface area contributed by atoms with Gasteiger partial charge in [-0.25, -0.2) is 9.37 Å². The summed E-state index contributed by atoms with van der Waals surface area (Å²) < 4.78 is 15.4. The highest BCUT2D eigenvalue weighted by Crippen LogP contribution is 2.32. The maximum absolute atomic E-state index is 13.9. The van der Waals surface area contributed by atoms with Crippen LogP contribution in [0.5, 0.6) is 0 Å². The SMILES string of the molecule is O=c1c2c3c(sc2ncn1Cc1ccccc1F)CCCCC3. The van der Waals surface area contributed by atoms with Crippen LogP contribution in [-0.2, 0) is 19.4 Å². The highest BCUT2D eigenvalue weighted by atomic mass is 32.1. The molecule has 5 heteroatoms. The van der Waals surface area contributed by atoms with Crippen LogP contribution in [0.25, 0.3) is 10.2 Å². The van der Waals surface area contributed by atoms with E-state index >= 15 is 0 Å². The fourth-order valence-corrected chi connectivity index (χ4v) is 4.50. The molecule has 0 saturated carbocycles. The van der Waals surface area contributed by atoms with E-state index in [9.17, 15) is 9.18 Å². The van der Waals surface area contributed by atoms with Crippen LogP contribution in [0.15, 0.2) is 35.4 Å². The molecular formula is C18H17FN2OS. The number of fused-ring (bicyclic) bond motifs is 3. The standard InChI is InChI=1S/C18H17FN2OS/c19-14-8-5-4-6-12(14)10-21-11-20-17-16(18(21)22)13-7-2-1-3-9-15(13)23-17/h4-6,8,11H,1-3,7,9-10H2. The molecule has 0 spiro atoms. The van der Waals surface area contributed by atoms with Crippen molar-refractivity contribution >= 4 is 21.6 Å². The van der Waals surface area contributed by atoms with Gasteiger partial charge in [-0.2, -0.15) is 0 Å². The van der Waals surface area contributed by atoms with Gasteiger partial charge in [0.05, 0.1) is 18.3 Å². The number of aromatic nitrogens is 2. The fourth-order valence-electron chi connectivity index (χ4n) is 3.28. The molecule has 0 radical (unpaired) electrons. The Balaban J connectivity index is 1.83. The Kier molecular flexibility index (Phi) is 3.73. The van der Waals surface area contributed by atoms with Crippen molar-refractivity contribution < 1.29 is 4.39 Å². The molecule has 118 valence electrons. The van der Waals surface area contributed by atoms with Gasteiger partial charge in [0.1, 0.15) is 10.6 Å². The lowest BCUT2D eigenvalue weighted by molar-refractivity contribution is 0.595. The topological polar surface area (TPSA) is 34.9 Å². The first-order chi connectivity index (χ1) is 11.2. The zero-order chi connectivity index (χ0) is 15.8. The van der Waals surface area contributed by atoms with Crippen molar-refractivity contribution in [2.45, 2.75) is 38.6 Å². The van der Waals surface area contributed by atoms with Gasteiger partial charge in [0, 0.05) is 10.4 Å². The first-order valence-corrected chi connectivity index (χ1v) is 8.79. The van der Waals surface area contributed by atoms with E-state index in [1.165, 1.54) is 33.9 Å². The predicted octanol–water partition coefficient (Wildman–Crippen LogP) is 3.91. The van der Waals surface area contributed by atoms with Crippen LogP contribution in [-0.4, -0.2) is 9.55 Å². The normalized spacial score (nSPS) is 14.7. The van der Waals surface area contributed by atoms with Gasteiger partial charge in [0.15, 0.2) is 0 Å². The summed E-state index contributed by atoms with van der Waals surface area (Å²) in [5.41, 5.74) is 1.65. The molecule has 0 aliphatic heterocycles. The van der Waals surface area contributed by atoms with E-state index in [0.717, 1.165) is 29.5 Å². The van der Waals surface area contributed by atoms with E-state index in [2.05, 4.69) is 4.98 Å². The third-order valence-electron chi connectivity index (χ3n) is 4.49. The number of hydrogen-bond acceptors (Lipinski definition) is 3. The molecule has 0 bridgehead atoms. The molecule has 2 aromatic heterocycles. The number of benzene rings is 1. The van der Waals surface area contributed by atoms with Crippen molar-refractivity contribution in [3.05, 3.63) is 62.8 Å². The van der Waals surface area contributed by atoms with E-state index < -0.39 is 0 Å². The third kappa shape index (κ3) is 2.59. The van der Waals surface area contributed by atoms with Crippen molar-refractivity contribution in [1.29, 1.82) is 0 Å². The molecule has 1 aromatic carbocycles. The summed E-state index contributed by atoms with van der Waals surface area (Å²) in [6, 6.07) is 6.57. The molecule has 0 N–H and O–H groups in total. The number of rotatable bonds is 2. The summed E-state index contributed by atoms with van der Waals surface area (Å²) in [5.74, 6) is -0.288. The zero-order valence-corrected chi connectivity index (χ0v) is 13.5. The summed E-state index contributed by atoms with van der Waals surface area (Å²) in [7, 11) is 0. The average Bonchev–Trinajstić information content (AvgIpc) is 2.75. The molecule has 2 heterocycles. The number of thiophene rings is 1. The van der Waals surface area contributed by atoms with Crippen LogP contribution in [0, 0.1) is 5.82 Å². The second kappa shape index (κ2) is 5.89. The summed E-state index contributed by atoms with van der Waals surface area (Å²) >= 11 is 1.65. The van der Waals surface area contributed by atoms with Gasteiger partial charge in [-0.3, -0.25) is 9.36 Å². The largest absolute Gasteiger partial charge is 0.294 e. The molecule has 4 rings (SSSR count). The van der Waals surface area contributed by atoms with Crippen LogP contribution in [0.3, 0.4) is 0 Å². The Labute approximate surface area is 137 Å². The number of halogens is 1. The lowest BCUT2D eigenvalue weighted by Gasteiger charge is -2.07. The first-order valence-electron chi connectivity index (χ1n) is 7.97. The Hall–Kier alpha value is -2.01. The molecule has 23 heavy (non-hydrogen) atoms. The fraction of sp³-hybridized carbons (Fsp3) is 0.333. The molecule has 3 aromatic rings. The van der Waals surface area contributed by atoms with Gasteiger partial charge in [-0.1, -0.05) is 24.6 Å². The van der Waals surface area contributed by atoms with E-state index in [0.29, 0.717) is 5.56 Å². The van der Waals surface area contributed by atoms with Gasteiger partial charge >= 0.3 is 0 Å². The Morgan fingerprint density at radius 3 is 2.87 bits per heavy atom. The van der Waals surface area contributed by atoms with Crippen LogP contribution in [0.2, 0.25) is 0 Å². The monoisotopic (exact) mass is 328 g/mol.